The molecule has 4 aromatic heterocycles. The molecule has 8 nitrogen and oxygen atoms in total. The van der Waals surface area contributed by atoms with E-state index in [0.29, 0.717) is 0 Å². The molecule has 0 saturated heterocycles. The van der Waals surface area contributed by atoms with Gasteiger partial charge in [-0.2, -0.15) is 0 Å². The van der Waals surface area contributed by atoms with Crippen LogP contribution in [-0.2, 0) is 0 Å². The van der Waals surface area contributed by atoms with Crippen LogP contribution in [0.15, 0.2) is 241 Å². The molecule has 390 valence electrons. The molecule has 6 heterocycles. The molecule has 0 radical (unpaired) electrons. The monoisotopic (exact) mass is 1040 g/mol. The molecule has 80 heavy (non-hydrogen) atoms. The number of para-hydroxylation sites is 4. The van der Waals surface area contributed by atoms with Gasteiger partial charge in [0.15, 0.2) is 11.7 Å². The Morgan fingerprint density at radius 2 is 0.562 bits per heavy atom. The molecule has 0 amide bonds. The Bertz CT molecular complexity index is 4180. The van der Waals surface area contributed by atoms with Crippen molar-refractivity contribution in [2.45, 2.75) is 77.5 Å². The molecule has 0 spiro atoms. The molecule has 0 saturated carbocycles. The highest BCUT2D eigenvalue weighted by atomic mass is 15.4. The Hall–Kier alpha value is -9.40. The Morgan fingerprint density at radius 3 is 0.900 bits per heavy atom. The second-order valence-electron chi connectivity index (χ2n) is 23.5. The minimum absolute atomic E-state index is 0.290. The van der Waals surface area contributed by atoms with E-state index in [4.69, 9.17) is 20.0 Å². The zero-order valence-electron chi connectivity index (χ0n) is 46.5. The molecule has 2 aliphatic heterocycles. The van der Waals surface area contributed by atoms with Crippen LogP contribution >= 0.6 is 0 Å². The Balaban J connectivity index is 0.896. The molecule has 12 aromatic rings. The molecule has 14 rings (SSSR count). The van der Waals surface area contributed by atoms with Crippen LogP contribution < -0.4 is 9.80 Å². The lowest BCUT2D eigenvalue weighted by atomic mass is 9.83. The van der Waals surface area contributed by atoms with E-state index in [1.807, 2.05) is 0 Å². The Labute approximate surface area is 467 Å². The summed E-state index contributed by atoms with van der Waals surface area (Å²) < 4.78 is 4.78. The molecule has 0 unspecified atom stereocenters. The smallest absolute Gasteiger partial charge is 0.155 e. The number of benzene rings is 8. The van der Waals surface area contributed by atoms with Crippen LogP contribution in [0.5, 0.6) is 0 Å². The van der Waals surface area contributed by atoms with Crippen LogP contribution in [0.4, 0.5) is 11.4 Å². The quantitative estimate of drug-likeness (QED) is 0.144. The maximum absolute atomic E-state index is 5.41. The molecule has 0 N–H and O–H groups in total. The fourth-order valence-corrected chi connectivity index (χ4v) is 12.2. The van der Waals surface area contributed by atoms with E-state index in [1.165, 1.54) is 10.8 Å². The highest BCUT2D eigenvalue weighted by Gasteiger charge is 2.51. The van der Waals surface area contributed by atoms with E-state index in [0.717, 1.165) is 112 Å². The van der Waals surface area contributed by atoms with Crippen molar-refractivity contribution in [3.8, 4) is 45.0 Å². The lowest BCUT2D eigenvalue weighted by Crippen LogP contribution is -2.53. The van der Waals surface area contributed by atoms with Gasteiger partial charge in [-0.25, -0.2) is 9.97 Å². The van der Waals surface area contributed by atoms with Crippen LogP contribution in [-0.4, -0.2) is 52.9 Å². The van der Waals surface area contributed by atoms with Crippen LogP contribution in [0.1, 0.15) is 66.8 Å². The number of pyridine rings is 2. The van der Waals surface area contributed by atoms with Gasteiger partial charge in [-0.15, -0.1) is 0 Å². The molecule has 0 aliphatic carbocycles. The van der Waals surface area contributed by atoms with Gasteiger partial charge in [0.1, 0.15) is 11.4 Å². The highest BCUT2D eigenvalue weighted by Crippen LogP contribution is 2.45. The maximum atomic E-state index is 5.41. The predicted octanol–water partition coefficient (Wildman–Crippen LogP) is 17.3. The fourth-order valence-electron chi connectivity index (χ4n) is 12.2. The van der Waals surface area contributed by atoms with E-state index < -0.39 is 0 Å². The van der Waals surface area contributed by atoms with Crippen LogP contribution in [0, 0.1) is 0 Å². The largest absolute Gasteiger partial charge is 0.317 e. The zero-order valence-corrected chi connectivity index (χ0v) is 46.5. The number of hydrogen-bond acceptors (Lipinski definition) is 6. The average molecular weight is 1040 g/mol. The van der Waals surface area contributed by atoms with Gasteiger partial charge < -0.3 is 18.9 Å². The molecular weight excluding hydrogens is 977 g/mol. The van der Waals surface area contributed by atoms with Gasteiger partial charge in [0.2, 0.25) is 0 Å². The van der Waals surface area contributed by atoms with Crippen molar-refractivity contribution in [3.63, 3.8) is 0 Å². The van der Waals surface area contributed by atoms with Crippen LogP contribution in [0.2, 0.25) is 0 Å². The number of aromatic nitrogens is 4. The Morgan fingerprint density at radius 1 is 0.275 bits per heavy atom. The third-order valence-corrected chi connectivity index (χ3v) is 17.8. The highest BCUT2D eigenvalue weighted by molar-refractivity contribution is 6.15. The van der Waals surface area contributed by atoms with E-state index in [2.05, 4.69) is 305 Å². The van der Waals surface area contributed by atoms with E-state index in [9.17, 15) is 0 Å². The van der Waals surface area contributed by atoms with Crippen LogP contribution in [0.3, 0.4) is 0 Å². The standard InChI is InChI=1S/C72H62N8/c1-69(2)71(5,6)79(53-27-17-11-18-28-53)67(75-69)61-33-21-31-59(73-61)49-37-41-65-57(45-49)55-43-47(35-39-63(55)77(65)51-23-13-9-14-24-51)48-36-40-64-56(44-48)58-46-50(38-42-66(58)78(64)52-25-15-10-16-26-52)60-32-22-34-62(74-60)68-76-70(3,4)72(7,8)80(68)54-29-19-12-20-30-54/h9-46H,1-8H3. The summed E-state index contributed by atoms with van der Waals surface area (Å²) in [7, 11) is 0. The third-order valence-electron chi connectivity index (χ3n) is 17.8. The van der Waals surface area contributed by atoms with Gasteiger partial charge >= 0.3 is 0 Å². The summed E-state index contributed by atoms with van der Waals surface area (Å²) in [6.45, 7) is 18.0. The number of anilines is 2. The van der Waals surface area contributed by atoms with Gasteiger partial charge in [0.05, 0.1) is 55.6 Å². The van der Waals surface area contributed by atoms with Crippen LogP contribution in [0.25, 0.3) is 88.6 Å². The number of amidine groups is 2. The normalized spacial score (nSPS) is 16.2. The zero-order chi connectivity index (χ0) is 54.7. The molecule has 0 bridgehead atoms. The minimum atomic E-state index is -0.351. The van der Waals surface area contributed by atoms with Crippen molar-refractivity contribution in [3.05, 3.63) is 242 Å². The lowest BCUT2D eigenvalue weighted by molar-refractivity contribution is 0.338. The first-order chi connectivity index (χ1) is 38.7. The van der Waals surface area contributed by atoms with Gasteiger partial charge in [0.25, 0.3) is 0 Å². The van der Waals surface area contributed by atoms with Crippen molar-refractivity contribution in [1.29, 1.82) is 0 Å². The summed E-state index contributed by atoms with van der Waals surface area (Å²) in [6, 6.07) is 82.7. The SMILES string of the molecule is CC1(C)N=C(c2cccc(-c3ccc4c(c3)c3cc(-c5ccc6c(c5)c5cc(-c7cccc(C8=NC(C)(C)C(C)(C)N8c8ccccc8)n7)ccc5n6-c5ccccc5)ccc3n4-c3ccccc3)n2)N(c2ccccc2)C1(C)C. The van der Waals surface area contributed by atoms with E-state index in [-0.39, 0.29) is 22.2 Å². The number of fused-ring (bicyclic) bond motifs is 6. The van der Waals surface area contributed by atoms with Gasteiger partial charge in [-0.3, -0.25) is 9.98 Å². The number of nitrogens with zero attached hydrogens (tertiary/aromatic N) is 8. The molecule has 2 aliphatic rings. The van der Waals surface area contributed by atoms with Crippen molar-refractivity contribution in [2.24, 2.45) is 9.98 Å². The van der Waals surface area contributed by atoms with Crippen molar-refractivity contribution >= 4 is 66.7 Å². The van der Waals surface area contributed by atoms with Gasteiger partial charge in [-0.1, -0.05) is 109 Å². The van der Waals surface area contributed by atoms with E-state index in [1.54, 1.807) is 0 Å². The summed E-state index contributed by atoms with van der Waals surface area (Å²) >= 11 is 0. The van der Waals surface area contributed by atoms with Crippen molar-refractivity contribution < 1.29 is 0 Å². The second-order valence-corrected chi connectivity index (χ2v) is 23.5. The average Bonchev–Trinajstić information content (AvgIpc) is 4.29. The molecule has 8 heteroatoms. The summed E-state index contributed by atoms with van der Waals surface area (Å²) in [5, 5.41) is 4.65. The van der Waals surface area contributed by atoms with Crippen molar-refractivity contribution in [1.82, 2.24) is 19.1 Å². The second kappa shape index (κ2) is 18.1. The summed E-state index contributed by atoms with van der Waals surface area (Å²) in [6.07, 6.45) is 0. The first-order valence-corrected chi connectivity index (χ1v) is 27.8. The molecule has 0 atom stereocenters. The first kappa shape index (κ1) is 48.9. The summed E-state index contributed by atoms with van der Waals surface area (Å²) in [4.78, 5) is 26.3. The summed E-state index contributed by atoms with van der Waals surface area (Å²) in [5.41, 5.74) is 15.6. The summed E-state index contributed by atoms with van der Waals surface area (Å²) in [5.74, 6) is 1.76. The first-order valence-electron chi connectivity index (χ1n) is 27.8. The molecule has 8 aromatic carbocycles. The third kappa shape index (κ3) is 7.64. The maximum Gasteiger partial charge on any atom is 0.155 e. The van der Waals surface area contributed by atoms with E-state index >= 15 is 0 Å². The predicted molar refractivity (Wildman–Crippen MR) is 334 cm³/mol. The number of rotatable bonds is 9. The lowest BCUT2D eigenvalue weighted by Gasteiger charge is -2.41. The van der Waals surface area contributed by atoms with Gasteiger partial charge in [-0.05, 0) is 188 Å². The topological polar surface area (TPSA) is 66.8 Å². The fraction of sp³-hybridized carbons (Fsp3) is 0.167. The number of aliphatic imine (C=N–C) groups is 2. The Kier molecular flexibility index (Phi) is 11.1. The van der Waals surface area contributed by atoms with Crippen molar-refractivity contribution in [2.75, 3.05) is 9.80 Å². The van der Waals surface area contributed by atoms with Gasteiger partial charge in [0, 0.05) is 55.4 Å². The molecule has 0 fully saturated rings. The molecular formula is C72H62N8. The number of hydrogen-bond donors (Lipinski definition) is 0. The minimum Gasteiger partial charge on any atom is -0.317 e.